The minimum Gasteiger partial charge on any atom is -0.459 e. The van der Waals surface area contributed by atoms with E-state index in [1.165, 1.54) is 18.3 Å². The lowest BCUT2D eigenvalue weighted by atomic mass is 9.95. The van der Waals surface area contributed by atoms with Crippen LogP contribution in [0.25, 0.3) is 0 Å². The van der Waals surface area contributed by atoms with Crippen molar-refractivity contribution in [2.24, 2.45) is 0 Å². The number of carbonyl (C=O) groups is 3. The van der Waals surface area contributed by atoms with Gasteiger partial charge in [0.05, 0.1) is 11.7 Å². The van der Waals surface area contributed by atoms with Crippen LogP contribution in [0.1, 0.15) is 70.3 Å². The Hall–Kier alpha value is -2.67. The van der Waals surface area contributed by atoms with Gasteiger partial charge in [-0.2, -0.15) is 0 Å². The van der Waals surface area contributed by atoms with Crippen molar-refractivity contribution in [1.82, 2.24) is 5.32 Å². The lowest BCUT2D eigenvalue weighted by Crippen LogP contribution is -2.19. The number of hydrogen-bond acceptors (Lipinski definition) is 5. The predicted octanol–water partition coefficient (Wildman–Crippen LogP) is 4.08. The van der Waals surface area contributed by atoms with Gasteiger partial charge in [-0.25, -0.2) is 4.79 Å². The van der Waals surface area contributed by atoms with Crippen LogP contribution in [0.15, 0.2) is 24.3 Å². The topological polar surface area (TPSA) is 84.5 Å². The summed E-state index contributed by atoms with van der Waals surface area (Å²) in [5.41, 5.74) is 2.93. The number of hydrogen-bond donors (Lipinski definition) is 2. The normalized spacial score (nSPS) is 13.0. The van der Waals surface area contributed by atoms with Crippen LogP contribution in [0.4, 0.5) is 5.00 Å². The van der Waals surface area contributed by atoms with E-state index in [0.717, 1.165) is 41.7 Å². The summed E-state index contributed by atoms with van der Waals surface area (Å²) in [5.74, 6) is -0.747. The van der Waals surface area contributed by atoms with Gasteiger partial charge in [-0.1, -0.05) is 12.1 Å². The minimum absolute atomic E-state index is 0.103. The number of amides is 2. The van der Waals surface area contributed by atoms with Crippen LogP contribution in [-0.2, 0) is 28.9 Å². The highest BCUT2D eigenvalue weighted by atomic mass is 32.1. The molecule has 0 radical (unpaired) electrons. The molecule has 0 fully saturated rings. The summed E-state index contributed by atoms with van der Waals surface area (Å²) in [6, 6.07) is 7.04. The highest BCUT2D eigenvalue weighted by Crippen LogP contribution is 2.39. The largest absolute Gasteiger partial charge is 0.459 e. The lowest BCUT2D eigenvalue weighted by molar-refractivity contribution is -0.119. The number of thiophene rings is 1. The molecule has 6 nitrogen and oxygen atoms in total. The Bertz CT molecular complexity index is 916. The maximum Gasteiger partial charge on any atom is 0.341 e. The lowest BCUT2D eigenvalue weighted by Gasteiger charge is -2.14. The van der Waals surface area contributed by atoms with Gasteiger partial charge in [0, 0.05) is 23.9 Å². The second kappa shape index (κ2) is 9.22. The number of rotatable bonds is 6. The monoisotopic (exact) mass is 414 g/mol. The van der Waals surface area contributed by atoms with Gasteiger partial charge in [-0.15, -0.1) is 11.3 Å². The molecule has 0 unspecified atom stereocenters. The highest BCUT2D eigenvalue weighted by Gasteiger charge is 2.28. The van der Waals surface area contributed by atoms with E-state index in [1.54, 1.807) is 24.3 Å². The van der Waals surface area contributed by atoms with Crippen molar-refractivity contribution in [2.45, 2.75) is 59.1 Å². The third kappa shape index (κ3) is 5.23. The number of carbonyl (C=O) groups excluding carboxylic acids is 3. The highest BCUT2D eigenvalue weighted by molar-refractivity contribution is 7.17. The molecule has 0 bridgehead atoms. The second-order valence-electron chi connectivity index (χ2n) is 7.43. The van der Waals surface area contributed by atoms with Gasteiger partial charge < -0.3 is 15.4 Å². The van der Waals surface area contributed by atoms with E-state index in [2.05, 4.69) is 10.6 Å². The molecule has 2 amide bonds. The summed E-state index contributed by atoms with van der Waals surface area (Å²) in [6.07, 6.45) is 3.67. The molecule has 0 spiro atoms. The SMILES string of the molecule is CC(=O)NCc1ccc(C(=O)Nc2sc3c(c2C(=O)OC(C)C)CCCC3)cc1. The van der Waals surface area contributed by atoms with Crippen LogP contribution in [0.3, 0.4) is 0 Å². The molecule has 1 aliphatic rings. The predicted molar refractivity (Wildman–Crippen MR) is 113 cm³/mol. The fraction of sp³-hybridized carbons (Fsp3) is 0.409. The summed E-state index contributed by atoms with van der Waals surface area (Å²) in [5, 5.41) is 6.21. The molecule has 7 heteroatoms. The molecule has 154 valence electrons. The first-order valence-corrected chi connectivity index (χ1v) is 10.7. The number of benzene rings is 1. The van der Waals surface area contributed by atoms with E-state index in [-0.39, 0.29) is 23.9 Å². The zero-order valence-corrected chi connectivity index (χ0v) is 17.8. The Morgan fingerprint density at radius 3 is 2.45 bits per heavy atom. The van der Waals surface area contributed by atoms with Crippen molar-refractivity contribution in [3.8, 4) is 0 Å². The molecule has 1 heterocycles. The molecule has 1 aromatic heterocycles. The summed E-state index contributed by atoms with van der Waals surface area (Å²) in [4.78, 5) is 37.7. The fourth-order valence-electron chi connectivity index (χ4n) is 3.32. The molecular weight excluding hydrogens is 388 g/mol. The zero-order valence-electron chi connectivity index (χ0n) is 17.0. The third-order valence-electron chi connectivity index (χ3n) is 4.70. The average Bonchev–Trinajstić information content (AvgIpc) is 3.04. The van der Waals surface area contributed by atoms with E-state index in [0.29, 0.717) is 22.7 Å². The Balaban J connectivity index is 1.80. The molecular formula is C22H26N2O4S. The van der Waals surface area contributed by atoms with Crippen LogP contribution < -0.4 is 10.6 Å². The van der Waals surface area contributed by atoms with E-state index in [4.69, 9.17) is 4.74 Å². The average molecular weight is 415 g/mol. The van der Waals surface area contributed by atoms with Crippen LogP contribution in [-0.4, -0.2) is 23.9 Å². The van der Waals surface area contributed by atoms with E-state index < -0.39 is 0 Å². The first-order valence-electron chi connectivity index (χ1n) is 9.85. The van der Waals surface area contributed by atoms with Gasteiger partial charge >= 0.3 is 5.97 Å². The third-order valence-corrected chi connectivity index (χ3v) is 5.91. The van der Waals surface area contributed by atoms with Gasteiger partial charge in [0.25, 0.3) is 5.91 Å². The molecule has 0 saturated heterocycles. The molecule has 0 aliphatic heterocycles. The van der Waals surface area contributed by atoms with Crippen molar-refractivity contribution in [2.75, 3.05) is 5.32 Å². The summed E-state index contributed by atoms with van der Waals surface area (Å²) >= 11 is 1.47. The summed E-state index contributed by atoms with van der Waals surface area (Å²) in [6.45, 7) is 5.51. The van der Waals surface area contributed by atoms with Crippen molar-refractivity contribution < 1.29 is 19.1 Å². The van der Waals surface area contributed by atoms with Crippen LogP contribution in [0.5, 0.6) is 0 Å². The minimum atomic E-state index is -0.375. The second-order valence-corrected chi connectivity index (χ2v) is 8.54. The van der Waals surface area contributed by atoms with E-state index in [9.17, 15) is 14.4 Å². The Labute approximate surface area is 174 Å². The van der Waals surface area contributed by atoms with Gasteiger partial charge in [0.15, 0.2) is 0 Å². The number of nitrogens with one attached hydrogen (secondary N) is 2. The van der Waals surface area contributed by atoms with Crippen LogP contribution in [0, 0.1) is 0 Å². The molecule has 2 N–H and O–H groups in total. The first kappa shape index (κ1) is 21.0. The Morgan fingerprint density at radius 1 is 1.10 bits per heavy atom. The number of anilines is 1. The number of esters is 1. The molecule has 1 aliphatic carbocycles. The zero-order chi connectivity index (χ0) is 21.0. The van der Waals surface area contributed by atoms with Crippen molar-refractivity contribution in [3.63, 3.8) is 0 Å². The smallest absolute Gasteiger partial charge is 0.341 e. The van der Waals surface area contributed by atoms with Crippen molar-refractivity contribution in [1.29, 1.82) is 0 Å². The number of aryl methyl sites for hydroxylation is 1. The summed E-state index contributed by atoms with van der Waals surface area (Å²) < 4.78 is 5.43. The number of ether oxygens (including phenoxy) is 1. The van der Waals surface area contributed by atoms with Gasteiger partial charge in [-0.05, 0) is 62.8 Å². The van der Waals surface area contributed by atoms with E-state index >= 15 is 0 Å². The molecule has 2 aromatic rings. The maximum atomic E-state index is 12.8. The Kier molecular flexibility index (Phi) is 6.69. The number of fused-ring (bicyclic) bond motifs is 1. The maximum absolute atomic E-state index is 12.8. The molecule has 0 atom stereocenters. The van der Waals surface area contributed by atoms with Gasteiger partial charge in [0.2, 0.25) is 5.91 Å². The standard InChI is InChI=1S/C22H26N2O4S/c1-13(2)28-22(27)19-17-6-4-5-7-18(17)29-21(19)24-20(26)16-10-8-15(9-11-16)12-23-14(3)25/h8-11,13H,4-7,12H2,1-3H3,(H,23,25)(H,24,26). The molecule has 3 rings (SSSR count). The van der Waals surface area contributed by atoms with Gasteiger partial charge in [-0.3, -0.25) is 9.59 Å². The fourth-order valence-corrected chi connectivity index (χ4v) is 4.59. The van der Waals surface area contributed by atoms with Crippen molar-refractivity contribution >= 4 is 34.1 Å². The van der Waals surface area contributed by atoms with Gasteiger partial charge in [0.1, 0.15) is 5.00 Å². The quantitative estimate of drug-likeness (QED) is 0.698. The summed E-state index contributed by atoms with van der Waals surface area (Å²) in [7, 11) is 0. The molecule has 29 heavy (non-hydrogen) atoms. The molecule has 0 saturated carbocycles. The van der Waals surface area contributed by atoms with Crippen molar-refractivity contribution in [3.05, 3.63) is 51.4 Å². The van der Waals surface area contributed by atoms with Crippen LogP contribution >= 0.6 is 11.3 Å². The molecule has 1 aromatic carbocycles. The first-order chi connectivity index (χ1) is 13.8. The van der Waals surface area contributed by atoms with E-state index in [1.807, 2.05) is 13.8 Å². The van der Waals surface area contributed by atoms with Crippen LogP contribution in [0.2, 0.25) is 0 Å². The Morgan fingerprint density at radius 2 is 1.79 bits per heavy atom.